The second-order valence-corrected chi connectivity index (χ2v) is 4.46. The number of rotatable bonds is 2. The van der Waals surface area contributed by atoms with E-state index in [1.165, 1.54) is 0 Å². The number of aliphatic hydroxyl groups excluding tert-OH is 1. The molecule has 2 rings (SSSR count). The number of hydrogen-bond donors (Lipinski definition) is 1. The lowest BCUT2D eigenvalue weighted by Gasteiger charge is -2.21. The second-order valence-electron chi connectivity index (χ2n) is 4.46. The van der Waals surface area contributed by atoms with E-state index in [9.17, 15) is 23.1 Å². The van der Waals surface area contributed by atoms with Crippen LogP contribution in [0, 0.1) is 0 Å². The molecule has 0 aliphatic carbocycles. The maximum atomic E-state index is 12.7. The predicted molar refractivity (Wildman–Crippen MR) is 65.7 cm³/mol. The van der Waals surface area contributed by atoms with Crippen molar-refractivity contribution in [2.24, 2.45) is 0 Å². The van der Waals surface area contributed by atoms with Gasteiger partial charge in [-0.3, -0.25) is 9.69 Å². The number of alkyl halides is 3. The van der Waals surface area contributed by atoms with Crippen LogP contribution in [0.4, 0.5) is 19.0 Å². The Morgan fingerprint density at radius 1 is 1.45 bits per heavy atom. The molecule has 1 aliphatic rings. The van der Waals surface area contributed by atoms with Crippen molar-refractivity contribution in [1.82, 2.24) is 4.98 Å². The third-order valence-electron chi connectivity index (χ3n) is 3.26. The summed E-state index contributed by atoms with van der Waals surface area (Å²) in [6.07, 6.45) is -4.43. The van der Waals surface area contributed by atoms with Gasteiger partial charge >= 0.3 is 6.18 Å². The summed E-state index contributed by atoms with van der Waals surface area (Å²) in [6, 6.07) is 1.57. The first-order valence-electron chi connectivity index (χ1n) is 6.02. The van der Waals surface area contributed by atoms with Gasteiger partial charge < -0.3 is 5.11 Å². The van der Waals surface area contributed by atoms with E-state index in [-0.39, 0.29) is 5.82 Å². The number of pyridine rings is 1. The summed E-state index contributed by atoms with van der Waals surface area (Å²) in [7, 11) is 0. The number of nitrogens with zero attached hydrogens (tertiary/aromatic N) is 2. The summed E-state index contributed by atoms with van der Waals surface area (Å²) in [5, 5.41) is 10.0. The highest BCUT2D eigenvalue weighted by Gasteiger charge is 2.38. The number of carbonyl (C=O) groups is 1. The summed E-state index contributed by atoms with van der Waals surface area (Å²) in [5.74, 6) is -0.718. The lowest BCUT2D eigenvalue weighted by atomic mass is 10.1. The molecule has 0 spiro atoms. The standard InChI is InChI=1S/C13H13F3N2O2/c1-3-9-7(2)11(19)18(12(9)20)10-6-8(4-5-17-10)13(14,15)16/h4-6,11,19H,3H2,1-2H3. The van der Waals surface area contributed by atoms with Crippen LogP contribution < -0.4 is 4.90 Å². The van der Waals surface area contributed by atoms with Crippen LogP contribution in [0.5, 0.6) is 0 Å². The van der Waals surface area contributed by atoms with Gasteiger partial charge in [0, 0.05) is 11.8 Å². The fourth-order valence-corrected chi connectivity index (χ4v) is 2.16. The number of halogens is 3. The van der Waals surface area contributed by atoms with Crippen molar-refractivity contribution in [3.05, 3.63) is 35.0 Å². The van der Waals surface area contributed by atoms with E-state index in [1.807, 2.05) is 0 Å². The Morgan fingerprint density at radius 2 is 2.10 bits per heavy atom. The van der Waals surface area contributed by atoms with Crippen LogP contribution >= 0.6 is 0 Å². The molecule has 0 fully saturated rings. The molecule has 108 valence electrons. The van der Waals surface area contributed by atoms with Gasteiger partial charge in [0.1, 0.15) is 5.82 Å². The Balaban J connectivity index is 2.42. The first kappa shape index (κ1) is 14.5. The van der Waals surface area contributed by atoms with Gasteiger partial charge in [0.25, 0.3) is 5.91 Å². The Kier molecular flexibility index (Phi) is 3.56. The Morgan fingerprint density at radius 3 is 2.60 bits per heavy atom. The third-order valence-corrected chi connectivity index (χ3v) is 3.26. The predicted octanol–water partition coefficient (Wildman–Crippen LogP) is 2.49. The highest BCUT2D eigenvalue weighted by atomic mass is 19.4. The van der Waals surface area contributed by atoms with Gasteiger partial charge in [-0.2, -0.15) is 13.2 Å². The Labute approximate surface area is 113 Å². The molecule has 1 aliphatic heterocycles. The van der Waals surface area contributed by atoms with Crippen LogP contribution in [0.2, 0.25) is 0 Å². The summed E-state index contributed by atoms with van der Waals surface area (Å²) < 4.78 is 38.0. The van der Waals surface area contributed by atoms with E-state index in [0.717, 1.165) is 23.2 Å². The maximum Gasteiger partial charge on any atom is 0.416 e. The molecular weight excluding hydrogens is 273 g/mol. The molecule has 0 radical (unpaired) electrons. The molecule has 4 nitrogen and oxygen atoms in total. The number of hydrogen-bond acceptors (Lipinski definition) is 3. The lowest BCUT2D eigenvalue weighted by molar-refractivity contribution is -0.137. The molecule has 2 heterocycles. The van der Waals surface area contributed by atoms with E-state index in [0.29, 0.717) is 17.6 Å². The second kappa shape index (κ2) is 4.90. The summed E-state index contributed by atoms with van der Waals surface area (Å²) in [4.78, 5) is 16.7. The Hall–Kier alpha value is -1.89. The minimum atomic E-state index is -4.53. The normalized spacial score (nSPS) is 20.0. The average molecular weight is 286 g/mol. The van der Waals surface area contributed by atoms with Gasteiger partial charge in [0.15, 0.2) is 6.23 Å². The largest absolute Gasteiger partial charge is 0.416 e. The van der Waals surface area contributed by atoms with Crippen molar-refractivity contribution in [3.63, 3.8) is 0 Å². The Bertz CT molecular complexity index is 581. The van der Waals surface area contributed by atoms with E-state index in [4.69, 9.17) is 0 Å². The molecule has 0 saturated carbocycles. The number of aliphatic hydroxyl groups is 1. The summed E-state index contributed by atoms with van der Waals surface area (Å²) in [6.45, 7) is 3.32. The molecule has 1 unspecified atom stereocenters. The fraction of sp³-hybridized carbons (Fsp3) is 0.385. The molecular formula is C13H13F3N2O2. The van der Waals surface area contributed by atoms with Gasteiger partial charge in [-0.05, 0) is 31.1 Å². The van der Waals surface area contributed by atoms with E-state index < -0.39 is 23.9 Å². The van der Waals surface area contributed by atoms with Crippen molar-refractivity contribution >= 4 is 11.7 Å². The van der Waals surface area contributed by atoms with Crippen LogP contribution in [0.3, 0.4) is 0 Å². The molecule has 1 aromatic heterocycles. The molecule has 1 N–H and O–H groups in total. The fourth-order valence-electron chi connectivity index (χ4n) is 2.16. The molecule has 0 bridgehead atoms. The van der Waals surface area contributed by atoms with E-state index in [1.54, 1.807) is 13.8 Å². The quantitative estimate of drug-likeness (QED) is 0.908. The third kappa shape index (κ3) is 2.29. The number of amides is 1. The van der Waals surface area contributed by atoms with Gasteiger partial charge in [0.05, 0.1) is 5.56 Å². The zero-order valence-corrected chi connectivity index (χ0v) is 10.9. The first-order valence-corrected chi connectivity index (χ1v) is 6.02. The molecule has 20 heavy (non-hydrogen) atoms. The van der Waals surface area contributed by atoms with Crippen molar-refractivity contribution in [2.45, 2.75) is 32.7 Å². The number of anilines is 1. The topological polar surface area (TPSA) is 53.4 Å². The van der Waals surface area contributed by atoms with Crippen LogP contribution in [-0.4, -0.2) is 22.2 Å². The van der Waals surface area contributed by atoms with Crippen molar-refractivity contribution < 1.29 is 23.1 Å². The van der Waals surface area contributed by atoms with Crippen molar-refractivity contribution in [2.75, 3.05) is 4.90 Å². The van der Waals surface area contributed by atoms with E-state index in [2.05, 4.69) is 4.98 Å². The molecule has 1 aromatic rings. The van der Waals surface area contributed by atoms with Crippen molar-refractivity contribution in [1.29, 1.82) is 0 Å². The van der Waals surface area contributed by atoms with E-state index >= 15 is 0 Å². The monoisotopic (exact) mass is 286 g/mol. The van der Waals surface area contributed by atoms with Crippen LogP contribution in [0.1, 0.15) is 25.8 Å². The van der Waals surface area contributed by atoms with Crippen LogP contribution in [0.15, 0.2) is 29.5 Å². The minimum absolute atomic E-state index is 0.208. The maximum absolute atomic E-state index is 12.7. The molecule has 1 amide bonds. The zero-order valence-electron chi connectivity index (χ0n) is 10.9. The molecule has 0 saturated heterocycles. The van der Waals surface area contributed by atoms with Gasteiger partial charge in [-0.1, -0.05) is 6.92 Å². The highest BCUT2D eigenvalue weighted by Crippen LogP contribution is 2.34. The average Bonchev–Trinajstić information content (AvgIpc) is 2.59. The van der Waals surface area contributed by atoms with Crippen molar-refractivity contribution in [3.8, 4) is 0 Å². The minimum Gasteiger partial charge on any atom is -0.369 e. The SMILES string of the molecule is CCC1=C(C)C(O)N(c2cc(C(F)(F)F)ccn2)C1=O. The summed E-state index contributed by atoms with van der Waals surface area (Å²) in [5.41, 5.74) is -0.0708. The molecule has 7 heteroatoms. The lowest BCUT2D eigenvalue weighted by Crippen LogP contribution is -2.36. The van der Waals surface area contributed by atoms with Crippen LogP contribution in [-0.2, 0) is 11.0 Å². The van der Waals surface area contributed by atoms with Gasteiger partial charge in [-0.25, -0.2) is 4.98 Å². The zero-order chi connectivity index (χ0) is 15.1. The molecule has 1 atom stereocenters. The summed E-state index contributed by atoms with van der Waals surface area (Å²) >= 11 is 0. The van der Waals surface area contributed by atoms with Gasteiger partial charge in [-0.15, -0.1) is 0 Å². The smallest absolute Gasteiger partial charge is 0.369 e. The number of carbonyl (C=O) groups excluding carboxylic acids is 1. The van der Waals surface area contributed by atoms with Crippen LogP contribution in [0.25, 0.3) is 0 Å². The number of aromatic nitrogens is 1. The first-order chi connectivity index (χ1) is 9.27. The highest BCUT2D eigenvalue weighted by molar-refractivity contribution is 6.09. The molecule has 0 aromatic carbocycles. The van der Waals surface area contributed by atoms with Gasteiger partial charge in [0.2, 0.25) is 0 Å².